The molecule has 1 unspecified atom stereocenters. The van der Waals surface area contributed by atoms with Gasteiger partial charge in [0.1, 0.15) is 11.3 Å². The highest BCUT2D eigenvalue weighted by Gasteiger charge is 2.34. The van der Waals surface area contributed by atoms with Crippen LogP contribution in [0.25, 0.3) is 27.9 Å². The lowest BCUT2D eigenvalue weighted by molar-refractivity contribution is -0.0685. The van der Waals surface area contributed by atoms with E-state index in [1.807, 2.05) is 6.20 Å². The van der Waals surface area contributed by atoms with Gasteiger partial charge < -0.3 is 9.30 Å². The van der Waals surface area contributed by atoms with E-state index >= 15 is 0 Å². The van der Waals surface area contributed by atoms with Crippen molar-refractivity contribution < 1.29 is 9.13 Å². The van der Waals surface area contributed by atoms with E-state index in [0.29, 0.717) is 18.5 Å². The summed E-state index contributed by atoms with van der Waals surface area (Å²) in [4.78, 5) is 9.38. The lowest BCUT2D eigenvalue weighted by atomic mass is 9.93. The second-order valence-electron chi connectivity index (χ2n) is 9.05. The van der Waals surface area contributed by atoms with E-state index in [0.717, 1.165) is 53.3 Å². The average molecular weight is 406 g/mol. The van der Waals surface area contributed by atoms with Crippen LogP contribution in [0.4, 0.5) is 4.39 Å². The molecule has 0 N–H and O–H groups in total. The van der Waals surface area contributed by atoms with Crippen LogP contribution in [0.2, 0.25) is 0 Å². The molecule has 4 heterocycles. The fraction of sp³-hybridized carbons (Fsp3) is 0.455. The van der Waals surface area contributed by atoms with Gasteiger partial charge >= 0.3 is 0 Å². The molecule has 1 aliphatic carbocycles. The summed E-state index contributed by atoms with van der Waals surface area (Å²) in [6.45, 7) is 4.88. The van der Waals surface area contributed by atoms with Crippen molar-refractivity contribution in [2.75, 3.05) is 6.61 Å². The topological polar surface area (TPSA) is 70.7 Å². The normalized spacial score (nSPS) is 21.5. The predicted molar refractivity (Wildman–Crippen MR) is 110 cm³/mol. The van der Waals surface area contributed by atoms with E-state index in [1.54, 1.807) is 23.0 Å². The van der Waals surface area contributed by atoms with Gasteiger partial charge in [-0.25, -0.2) is 9.37 Å². The molecule has 0 bridgehead atoms. The largest absolute Gasteiger partial charge is 0.375 e. The standard InChI is InChI=1S/C22H23FN6O/c1-22(2)10-15(7-8-30-22)29-20-16-9-14(23)5-6-17(16)24-11-18(20)25-21(29)28-12-19(26-27-28)13-3-4-13/h5-6,9,11-13,15H,3-4,7-8,10H2,1-2H3. The summed E-state index contributed by atoms with van der Waals surface area (Å²) in [5, 5.41) is 9.53. The first kappa shape index (κ1) is 17.9. The van der Waals surface area contributed by atoms with Crippen LogP contribution in [0, 0.1) is 5.82 Å². The summed E-state index contributed by atoms with van der Waals surface area (Å²) in [6.07, 6.45) is 7.75. The maximum absolute atomic E-state index is 14.2. The molecule has 1 atom stereocenters. The lowest BCUT2D eigenvalue weighted by Gasteiger charge is -2.36. The highest BCUT2D eigenvalue weighted by molar-refractivity contribution is 6.02. The molecule has 6 rings (SSSR count). The van der Waals surface area contributed by atoms with Crippen molar-refractivity contribution in [2.24, 2.45) is 0 Å². The van der Waals surface area contributed by atoms with Crippen molar-refractivity contribution >= 4 is 21.9 Å². The molecule has 7 nitrogen and oxygen atoms in total. The van der Waals surface area contributed by atoms with E-state index in [2.05, 4.69) is 33.7 Å². The van der Waals surface area contributed by atoms with Gasteiger partial charge in [-0.2, -0.15) is 4.68 Å². The van der Waals surface area contributed by atoms with Gasteiger partial charge in [-0.3, -0.25) is 4.98 Å². The lowest BCUT2D eigenvalue weighted by Crippen LogP contribution is -2.35. The molecule has 2 fully saturated rings. The zero-order chi connectivity index (χ0) is 20.5. The number of hydrogen-bond donors (Lipinski definition) is 0. The highest BCUT2D eigenvalue weighted by Crippen LogP contribution is 2.40. The number of rotatable bonds is 3. The van der Waals surface area contributed by atoms with Crippen LogP contribution in [-0.4, -0.2) is 41.7 Å². The monoisotopic (exact) mass is 406 g/mol. The van der Waals surface area contributed by atoms with Crippen LogP contribution in [0.3, 0.4) is 0 Å². The molecule has 1 aromatic carbocycles. The molecule has 2 aliphatic rings. The summed E-state index contributed by atoms with van der Waals surface area (Å²) in [5.74, 6) is 0.927. The maximum atomic E-state index is 14.2. The Balaban J connectivity index is 1.62. The molecule has 30 heavy (non-hydrogen) atoms. The molecule has 4 aromatic rings. The Morgan fingerprint density at radius 3 is 2.83 bits per heavy atom. The summed E-state index contributed by atoms with van der Waals surface area (Å²) < 4.78 is 24.1. The molecule has 0 amide bonds. The third kappa shape index (κ3) is 2.89. The fourth-order valence-corrected chi connectivity index (χ4v) is 4.61. The summed E-state index contributed by atoms with van der Waals surface area (Å²) in [7, 11) is 0. The second-order valence-corrected chi connectivity index (χ2v) is 9.05. The Morgan fingerprint density at radius 1 is 1.17 bits per heavy atom. The first-order chi connectivity index (χ1) is 14.5. The highest BCUT2D eigenvalue weighted by atomic mass is 19.1. The zero-order valence-electron chi connectivity index (χ0n) is 17.0. The van der Waals surface area contributed by atoms with Crippen LogP contribution in [0.5, 0.6) is 0 Å². The Kier molecular flexibility index (Phi) is 3.78. The van der Waals surface area contributed by atoms with Crippen LogP contribution in [0.1, 0.15) is 57.2 Å². The van der Waals surface area contributed by atoms with Gasteiger partial charge in [0, 0.05) is 24.0 Å². The predicted octanol–water partition coefficient (Wildman–Crippen LogP) is 4.31. The van der Waals surface area contributed by atoms with Gasteiger partial charge in [0.15, 0.2) is 0 Å². The summed E-state index contributed by atoms with van der Waals surface area (Å²) in [6, 6.07) is 4.86. The number of halogens is 1. The number of fused-ring (bicyclic) bond motifs is 3. The zero-order valence-corrected chi connectivity index (χ0v) is 17.0. The number of ether oxygens (including phenoxy) is 1. The van der Waals surface area contributed by atoms with E-state index in [4.69, 9.17) is 9.72 Å². The molecule has 0 radical (unpaired) electrons. The van der Waals surface area contributed by atoms with Crippen molar-refractivity contribution in [2.45, 2.75) is 57.1 Å². The molecule has 1 aliphatic heterocycles. The third-order valence-electron chi connectivity index (χ3n) is 6.21. The molecule has 8 heteroatoms. The van der Waals surface area contributed by atoms with Gasteiger partial charge in [-0.1, -0.05) is 5.21 Å². The van der Waals surface area contributed by atoms with Gasteiger partial charge in [-0.15, -0.1) is 5.10 Å². The van der Waals surface area contributed by atoms with Crippen LogP contribution < -0.4 is 0 Å². The van der Waals surface area contributed by atoms with E-state index < -0.39 is 0 Å². The minimum atomic E-state index is -0.282. The number of benzene rings is 1. The first-order valence-electron chi connectivity index (χ1n) is 10.5. The Morgan fingerprint density at radius 2 is 2.03 bits per heavy atom. The Labute approximate surface area is 172 Å². The molecule has 154 valence electrons. The fourth-order valence-electron chi connectivity index (χ4n) is 4.61. The average Bonchev–Trinajstić information content (AvgIpc) is 3.31. The van der Waals surface area contributed by atoms with Gasteiger partial charge in [0.05, 0.1) is 34.7 Å². The van der Waals surface area contributed by atoms with Crippen molar-refractivity contribution in [1.29, 1.82) is 0 Å². The minimum Gasteiger partial charge on any atom is -0.375 e. The molecule has 3 aromatic heterocycles. The van der Waals surface area contributed by atoms with Crippen LogP contribution in [-0.2, 0) is 4.74 Å². The molecule has 1 saturated carbocycles. The van der Waals surface area contributed by atoms with Crippen molar-refractivity contribution in [3.8, 4) is 5.95 Å². The SMILES string of the molecule is CC1(C)CC(n2c(-n3cc(C4CC4)nn3)nc3cnc4ccc(F)cc4c32)CCO1. The minimum absolute atomic E-state index is 0.149. The quantitative estimate of drug-likeness (QED) is 0.507. The van der Waals surface area contributed by atoms with E-state index in [-0.39, 0.29) is 17.5 Å². The molecule has 1 saturated heterocycles. The number of imidazole rings is 1. The maximum Gasteiger partial charge on any atom is 0.233 e. The number of nitrogens with zero attached hydrogens (tertiary/aromatic N) is 6. The van der Waals surface area contributed by atoms with Gasteiger partial charge in [0.25, 0.3) is 0 Å². The Hall–Kier alpha value is -2.87. The Bertz CT molecular complexity index is 1270. The molecular weight excluding hydrogens is 383 g/mol. The number of aromatic nitrogens is 6. The second kappa shape index (κ2) is 6.31. The molecular formula is C22H23FN6O. The summed E-state index contributed by atoms with van der Waals surface area (Å²) in [5.41, 5.74) is 3.14. The van der Waals surface area contributed by atoms with Gasteiger partial charge in [-0.05, 0) is 57.7 Å². The smallest absolute Gasteiger partial charge is 0.233 e. The first-order valence-corrected chi connectivity index (χ1v) is 10.5. The van der Waals surface area contributed by atoms with Gasteiger partial charge in [0.2, 0.25) is 5.95 Å². The van der Waals surface area contributed by atoms with Crippen molar-refractivity contribution in [1.82, 2.24) is 29.5 Å². The van der Waals surface area contributed by atoms with Crippen LogP contribution >= 0.6 is 0 Å². The van der Waals surface area contributed by atoms with Crippen molar-refractivity contribution in [3.63, 3.8) is 0 Å². The summed E-state index contributed by atoms with van der Waals surface area (Å²) >= 11 is 0. The number of pyridine rings is 1. The third-order valence-corrected chi connectivity index (χ3v) is 6.21. The van der Waals surface area contributed by atoms with Crippen molar-refractivity contribution in [3.05, 3.63) is 42.1 Å². The van der Waals surface area contributed by atoms with E-state index in [1.165, 1.54) is 6.07 Å². The van der Waals surface area contributed by atoms with Crippen LogP contribution in [0.15, 0.2) is 30.6 Å². The molecule has 0 spiro atoms. The number of hydrogen-bond acceptors (Lipinski definition) is 5. The van der Waals surface area contributed by atoms with E-state index in [9.17, 15) is 4.39 Å².